The molecule has 2 unspecified atom stereocenters. The van der Waals surface area contributed by atoms with Gasteiger partial charge in [0.15, 0.2) is 0 Å². The van der Waals surface area contributed by atoms with Crippen LogP contribution in [0.3, 0.4) is 0 Å². The average Bonchev–Trinajstić information content (AvgIpc) is 2.63. The van der Waals surface area contributed by atoms with Crippen LogP contribution >= 0.6 is 0 Å². The average molecular weight is 212 g/mol. The zero-order valence-electron chi connectivity index (χ0n) is 9.33. The summed E-state index contributed by atoms with van der Waals surface area (Å²) in [7, 11) is 1.90. The van der Waals surface area contributed by atoms with Gasteiger partial charge in [0.1, 0.15) is 0 Å². The molecule has 0 radical (unpaired) electrons. The standard InChI is InChI=1S/C11H20N2O2/c1-12-11(8-10(14)15)4-6-13-5-2-3-9(13)7-11/h9,12H,2-8H2,1H3,(H,14,15). The molecule has 0 saturated carbocycles. The topological polar surface area (TPSA) is 52.6 Å². The van der Waals surface area contributed by atoms with Crippen molar-refractivity contribution < 1.29 is 9.90 Å². The van der Waals surface area contributed by atoms with Crippen LogP contribution in [0.15, 0.2) is 0 Å². The predicted octanol–water partition coefficient (Wildman–Crippen LogP) is 0.677. The predicted molar refractivity (Wildman–Crippen MR) is 57.9 cm³/mol. The first kappa shape index (κ1) is 10.9. The molecule has 2 aliphatic rings. The van der Waals surface area contributed by atoms with Crippen LogP contribution in [0.5, 0.6) is 0 Å². The molecule has 2 N–H and O–H groups in total. The summed E-state index contributed by atoms with van der Waals surface area (Å²) >= 11 is 0. The lowest BCUT2D eigenvalue weighted by atomic mass is 9.81. The highest BCUT2D eigenvalue weighted by molar-refractivity contribution is 5.68. The largest absolute Gasteiger partial charge is 0.481 e. The van der Waals surface area contributed by atoms with Crippen molar-refractivity contribution in [1.29, 1.82) is 0 Å². The number of piperidine rings is 1. The van der Waals surface area contributed by atoms with E-state index in [2.05, 4.69) is 10.2 Å². The van der Waals surface area contributed by atoms with E-state index in [4.69, 9.17) is 5.11 Å². The van der Waals surface area contributed by atoms with Gasteiger partial charge in [-0.05, 0) is 39.3 Å². The summed E-state index contributed by atoms with van der Waals surface area (Å²) in [5.74, 6) is -0.684. The Morgan fingerprint density at radius 3 is 3.07 bits per heavy atom. The molecule has 0 spiro atoms. The van der Waals surface area contributed by atoms with Gasteiger partial charge in [-0.1, -0.05) is 0 Å². The fourth-order valence-electron chi connectivity index (χ4n) is 3.10. The zero-order chi connectivity index (χ0) is 10.9. The first-order valence-electron chi connectivity index (χ1n) is 5.80. The third-order valence-corrected chi connectivity index (χ3v) is 4.02. The summed E-state index contributed by atoms with van der Waals surface area (Å²) in [5, 5.41) is 12.2. The van der Waals surface area contributed by atoms with E-state index in [1.54, 1.807) is 0 Å². The van der Waals surface area contributed by atoms with Gasteiger partial charge in [0, 0.05) is 18.1 Å². The van der Waals surface area contributed by atoms with Gasteiger partial charge >= 0.3 is 5.97 Å². The Hall–Kier alpha value is -0.610. The van der Waals surface area contributed by atoms with E-state index in [1.807, 2.05) is 7.05 Å². The zero-order valence-corrected chi connectivity index (χ0v) is 9.33. The van der Waals surface area contributed by atoms with E-state index in [0.717, 1.165) is 19.4 Å². The number of carboxylic acids is 1. The second-order valence-corrected chi connectivity index (χ2v) is 4.89. The highest BCUT2D eigenvalue weighted by atomic mass is 16.4. The lowest BCUT2D eigenvalue weighted by molar-refractivity contribution is -0.139. The lowest BCUT2D eigenvalue weighted by Gasteiger charge is -2.43. The molecule has 0 aliphatic carbocycles. The third-order valence-electron chi connectivity index (χ3n) is 4.02. The lowest BCUT2D eigenvalue weighted by Crippen LogP contribution is -2.55. The maximum Gasteiger partial charge on any atom is 0.305 e. The number of carbonyl (C=O) groups is 1. The van der Waals surface area contributed by atoms with Gasteiger partial charge in [-0.3, -0.25) is 4.79 Å². The van der Waals surface area contributed by atoms with Gasteiger partial charge in [0.05, 0.1) is 6.42 Å². The number of nitrogens with zero attached hydrogens (tertiary/aromatic N) is 1. The van der Waals surface area contributed by atoms with Gasteiger partial charge in [-0.25, -0.2) is 0 Å². The number of hydrogen-bond acceptors (Lipinski definition) is 3. The number of carboxylic acid groups (broad SMARTS) is 1. The fourth-order valence-corrected chi connectivity index (χ4v) is 3.10. The molecular weight excluding hydrogens is 192 g/mol. The third kappa shape index (κ3) is 2.16. The molecule has 0 bridgehead atoms. The molecule has 2 rings (SSSR count). The van der Waals surface area contributed by atoms with Crippen LogP contribution in [-0.2, 0) is 4.79 Å². The second-order valence-electron chi connectivity index (χ2n) is 4.89. The van der Waals surface area contributed by atoms with Crippen LogP contribution in [0.2, 0.25) is 0 Å². The summed E-state index contributed by atoms with van der Waals surface area (Å²) in [6.45, 7) is 2.26. The molecule has 0 aromatic rings. The molecule has 2 aliphatic heterocycles. The van der Waals surface area contributed by atoms with Crippen LogP contribution in [-0.4, -0.2) is 47.7 Å². The number of hydrogen-bond donors (Lipinski definition) is 2. The maximum absolute atomic E-state index is 10.9. The van der Waals surface area contributed by atoms with Gasteiger partial charge in [0.25, 0.3) is 0 Å². The van der Waals surface area contributed by atoms with Crippen molar-refractivity contribution in [3.63, 3.8) is 0 Å². The Balaban J connectivity index is 2.04. The van der Waals surface area contributed by atoms with Crippen molar-refractivity contribution in [1.82, 2.24) is 10.2 Å². The second kappa shape index (κ2) is 4.10. The minimum Gasteiger partial charge on any atom is -0.481 e. The normalized spacial score (nSPS) is 36.5. The highest BCUT2D eigenvalue weighted by Crippen LogP contribution is 2.34. The van der Waals surface area contributed by atoms with Crippen LogP contribution in [0.25, 0.3) is 0 Å². The number of aliphatic carboxylic acids is 1. The van der Waals surface area contributed by atoms with E-state index in [0.29, 0.717) is 6.04 Å². The summed E-state index contributed by atoms with van der Waals surface area (Å²) in [6.07, 6.45) is 4.73. The Bertz CT molecular complexity index is 257. The van der Waals surface area contributed by atoms with Gasteiger partial charge in [0.2, 0.25) is 0 Å². The van der Waals surface area contributed by atoms with Crippen molar-refractivity contribution >= 4 is 5.97 Å². The molecule has 4 nitrogen and oxygen atoms in total. The van der Waals surface area contributed by atoms with E-state index >= 15 is 0 Å². The molecule has 2 fully saturated rings. The molecule has 2 heterocycles. The van der Waals surface area contributed by atoms with E-state index < -0.39 is 5.97 Å². The molecule has 2 saturated heterocycles. The quantitative estimate of drug-likeness (QED) is 0.722. The molecular formula is C11H20N2O2. The smallest absolute Gasteiger partial charge is 0.305 e. The first-order chi connectivity index (χ1) is 7.15. The molecule has 2 atom stereocenters. The molecule has 0 amide bonds. The fraction of sp³-hybridized carbons (Fsp3) is 0.909. The molecule has 86 valence electrons. The molecule has 4 heteroatoms. The summed E-state index contributed by atoms with van der Waals surface area (Å²) in [5.41, 5.74) is -0.155. The Labute approximate surface area is 90.6 Å². The summed E-state index contributed by atoms with van der Waals surface area (Å²) in [4.78, 5) is 13.4. The van der Waals surface area contributed by atoms with Crippen molar-refractivity contribution in [2.75, 3.05) is 20.1 Å². The van der Waals surface area contributed by atoms with Crippen molar-refractivity contribution in [3.8, 4) is 0 Å². The van der Waals surface area contributed by atoms with Crippen LogP contribution in [0, 0.1) is 0 Å². The van der Waals surface area contributed by atoms with Crippen LogP contribution < -0.4 is 5.32 Å². The monoisotopic (exact) mass is 212 g/mol. The summed E-state index contributed by atoms with van der Waals surface area (Å²) in [6, 6.07) is 0.616. The maximum atomic E-state index is 10.9. The molecule has 15 heavy (non-hydrogen) atoms. The first-order valence-corrected chi connectivity index (χ1v) is 5.80. The Kier molecular flexibility index (Phi) is 2.98. The molecule has 0 aromatic heterocycles. The number of nitrogens with one attached hydrogen (secondary N) is 1. The van der Waals surface area contributed by atoms with Crippen molar-refractivity contribution in [2.24, 2.45) is 0 Å². The number of fused-ring (bicyclic) bond motifs is 1. The van der Waals surface area contributed by atoms with Crippen LogP contribution in [0.1, 0.15) is 32.1 Å². The van der Waals surface area contributed by atoms with Crippen molar-refractivity contribution in [3.05, 3.63) is 0 Å². The Morgan fingerprint density at radius 1 is 1.60 bits per heavy atom. The van der Waals surface area contributed by atoms with Gasteiger partial charge in [-0.15, -0.1) is 0 Å². The van der Waals surface area contributed by atoms with Gasteiger partial charge < -0.3 is 15.3 Å². The van der Waals surface area contributed by atoms with E-state index in [-0.39, 0.29) is 12.0 Å². The Morgan fingerprint density at radius 2 is 2.40 bits per heavy atom. The summed E-state index contributed by atoms with van der Waals surface area (Å²) < 4.78 is 0. The van der Waals surface area contributed by atoms with Crippen molar-refractivity contribution in [2.45, 2.75) is 43.7 Å². The highest BCUT2D eigenvalue weighted by Gasteiger charge is 2.41. The van der Waals surface area contributed by atoms with E-state index in [1.165, 1.54) is 19.4 Å². The van der Waals surface area contributed by atoms with Crippen LogP contribution in [0.4, 0.5) is 0 Å². The SMILES string of the molecule is CNC1(CC(=O)O)CCN2CCCC2C1. The minimum atomic E-state index is -0.684. The van der Waals surface area contributed by atoms with E-state index in [9.17, 15) is 4.79 Å². The van der Waals surface area contributed by atoms with Gasteiger partial charge in [-0.2, -0.15) is 0 Å². The number of rotatable bonds is 3. The minimum absolute atomic E-state index is 0.155. The molecule has 0 aromatic carbocycles.